The van der Waals surface area contributed by atoms with Crippen LogP contribution in [0.25, 0.3) is 0 Å². The van der Waals surface area contributed by atoms with Gasteiger partial charge in [0.2, 0.25) is 5.91 Å². The zero-order valence-corrected chi connectivity index (χ0v) is 17.8. The van der Waals surface area contributed by atoms with Gasteiger partial charge in [0.15, 0.2) is 0 Å². The standard InChI is InChI=1S/C23H26N4O4/c1-4-14-23(17-8-6-5-7-9-17)21(30)27(22(31)25-23)15-19(28)24-18-12-10-16(11-13-18)20(29)26(2)3/h5-13H,4,14-15H2,1-3H3,(H,24,28)(H,25,31). The molecule has 1 heterocycles. The van der Waals surface area contributed by atoms with E-state index in [-0.39, 0.29) is 5.91 Å². The summed E-state index contributed by atoms with van der Waals surface area (Å²) >= 11 is 0. The predicted molar refractivity (Wildman–Crippen MR) is 116 cm³/mol. The molecule has 0 bridgehead atoms. The molecular formula is C23H26N4O4. The summed E-state index contributed by atoms with van der Waals surface area (Å²) in [5.74, 6) is -1.09. The number of carbonyl (C=O) groups excluding carboxylic acids is 4. The molecule has 1 unspecified atom stereocenters. The highest BCUT2D eigenvalue weighted by molar-refractivity contribution is 6.10. The molecule has 1 aliphatic rings. The Bertz CT molecular complexity index is 988. The number of carbonyl (C=O) groups is 4. The van der Waals surface area contributed by atoms with Gasteiger partial charge in [0.25, 0.3) is 11.8 Å². The Morgan fingerprint density at radius 2 is 1.68 bits per heavy atom. The van der Waals surface area contributed by atoms with Crippen LogP contribution >= 0.6 is 0 Å². The monoisotopic (exact) mass is 422 g/mol. The molecule has 1 fully saturated rings. The highest BCUT2D eigenvalue weighted by atomic mass is 16.2. The topological polar surface area (TPSA) is 98.8 Å². The average molecular weight is 422 g/mol. The molecule has 8 heteroatoms. The van der Waals surface area contributed by atoms with Crippen molar-refractivity contribution in [1.82, 2.24) is 15.1 Å². The number of nitrogens with zero attached hydrogens (tertiary/aromatic N) is 2. The van der Waals surface area contributed by atoms with Crippen molar-refractivity contribution in [2.24, 2.45) is 0 Å². The molecule has 0 radical (unpaired) electrons. The summed E-state index contributed by atoms with van der Waals surface area (Å²) in [6.07, 6.45) is 1.11. The minimum absolute atomic E-state index is 0.148. The second kappa shape index (κ2) is 8.99. The maximum absolute atomic E-state index is 13.2. The molecule has 1 atom stereocenters. The van der Waals surface area contributed by atoms with Crippen molar-refractivity contribution in [3.63, 3.8) is 0 Å². The lowest BCUT2D eigenvalue weighted by Crippen LogP contribution is -2.44. The molecule has 2 aromatic carbocycles. The Labute approximate surface area is 181 Å². The summed E-state index contributed by atoms with van der Waals surface area (Å²) < 4.78 is 0. The lowest BCUT2D eigenvalue weighted by Gasteiger charge is -2.26. The van der Waals surface area contributed by atoms with Crippen molar-refractivity contribution in [2.45, 2.75) is 25.3 Å². The van der Waals surface area contributed by atoms with Crippen LogP contribution in [0.1, 0.15) is 35.7 Å². The highest BCUT2D eigenvalue weighted by Crippen LogP contribution is 2.33. The zero-order chi connectivity index (χ0) is 22.6. The van der Waals surface area contributed by atoms with Crippen molar-refractivity contribution in [2.75, 3.05) is 26.0 Å². The van der Waals surface area contributed by atoms with Gasteiger partial charge in [0.05, 0.1) is 0 Å². The molecule has 0 saturated carbocycles. The largest absolute Gasteiger partial charge is 0.345 e. The van der Waals surface area contributed by atoms with Crippen LogP contribution in [-0.4, -0.2) is 54.2 Å². The van der Waals surface area contributed by atoms with Gasteiger partial charge in [-0.2, -0.15) is 0 Å². The first-order valence-electron chi connectivity index (χ1n) is 10.1. The first-order chi connectivity index (χ1) is 14.8. The fraction of sp³-hybridized carbons (Fsp3) is 0.304. The minimum Gasteiger partial charge on any atom is -0.345 e. The summed E-state index contributed by atoms with van der Waals surface area (Å²) in [5.41, 5.74) is 0.487. The average Bonchev–Trinajstić information content (AvgIpc) is 2.99. The van der Waals surface area contributed by atoms with E-state index in [2.05, 4.69) is 10.6 Å². The molecule has 0 aliphatic carbocycles. The lowest BCUT2D eigenvalue weighted by atomic mass is 9.85. The first-order valence-corrected chi connectivity index (χ1v) is 10.1. The van der Waals surface area contributed by atoms with E-state index in [9.17, 15) is 19.2 Å². The molecule has 0 spiro atoms. The molecule has 162 valence electrons. The van der Waals surface area contributed by atoms with Crippen LogP contribution in [0.5, 0.6) is 0 Å². The van der Waals surface area contributed by atoms with E-state index < -0.39 is 29.9 Å². The van der Waals surface area contributed by atoms with Crippen molar-refractivity contribution < 1.29 is 19.2 Å². The molecule has 2 aromatic rings. The van der Waals surface area contributed by atoms with E-state index in [1.165, 1.54) is 4.90 Å². The summed E-state index contributed by atoms with van der Waals surface area (Å²) in [6, 6.07) is 14.9. The first kappa shape index (κ1) is 22.0. The quantitative estimate of drug-likeness (QED) is 0.670. The SMILES string of the molecule is CCCC1(c2ccccc2)NC(=O)N(CC(=O)Nc2ccc(C(=O)N(C)C)cc2)C1=O. The Morgan fingerprint density at radius 3 is 2.26 bits per heavy atom. The number of anilines is 1. The van der Waals surface area contributed by atoms with Crippen molar-refractivity contribution in [3.8, 4) is 0 Å². The fourth-order valence-electron chi connectivity index (χ4n) is 3.68. The van der Waals surface area contributed by atoms with E-state index in [4.69, 9.17) is 0 Å². The number of hydrogen-bond donors (Lipinski definition) is 2. The molecule has 1 saturated heterocycles. The normalized spacial score (nSPS) is 18.0. The van der Waals surface area contributed by atoms with E-state index in [0.29, 0.717) is 29.7 Å². The molecule has 31 heavy (non-hydrogen) atoms. The second-order valence-corrected chi connectivity index (χ2v) is 7.67. The van der Waals surface area contributed by atoms with Gasteiger partial charge in [0, 0.05) is 25.3 Å². The van der Waals surface area contributed by atoms with Crippen LogP contribution in [0.15, 0.2) is 54.6 Å². The minimum atomic E-state index is -1.17. The second-order valence-electron chi connectivity index (χ2n) is 7.67. The zero-order valence-electron chi connectivity index (χ0n) is 17.8. The van der Waals surface area contributed by atoms with Gasteiger partial charge in [-0.05, 0) is 36.2 Å². The number of benzene rings is 2. The molecule has 8 nitrogen and oxygen atoms in total. The summed E-state index contributed by atoms with van der Waals surface area (Å²) in [6.45, 7) is 1.53. The molecule has 1 aliphatic heterocycles. The van der Waals surface area contributed by atoms with Crippen molar-refractivity contribution in [1.29, 1.82) is 0 Å². The van der Waals surface area contributed by atoms with E-state index in [1.807, 2.05) is 25.1 Å². The molecular weight excluding hydrogens is 396 g/mol. The van der Waals surface area contributed by atoms with Crippen LogP contribution in [0.3, 0.4) is 0 Å². The molecule has 5 amide bonds. The van der Waals surface area contributed by atoms with E-state index in [0.717, 1.165) is 4.90 Å². The Hall–Kier alpha value is -3.68. The highest BCUT2D eigenvalue weighted by Gasteiger charge is 2.52. The van der Waals surface area contributed by atoms with Crippen LogP contribution in [-0.2, 0) is 15.1 Å². The van der Waals surface area contributed by atoms with Gasteiger partial charge < -0.3 is 15.5 Å². The van der Waals surface area contributed by atoms with Crippen molar-refractivity contribution in [3.05, 3.63) is 65.7 Å². The molecule has 0 aromatic heterocycles. The third kappa shape index (κ3) is 4.42. The van der Waals surface area contributed by atoms with Crippen LogP contribution in [0, 0.1) is 0 Å². The van der Waals surface area contributed by atoms with Gasteiger partial charge in [-0.15, -0.1) is 0 Å². The van der Waals surface area contributed by atoms with Crippen LogP contribution in [0.2, 0.25) is 0 Å². The number of imide groups is 1. The third-order valence-electron chi connectivity index (χ3n) is 5.19. The summed E-state index contributed by atoms with van der Waals surface area (Å²) in [7, 11) is 3.31. The van der Waals surface area contributed by atoms with E-state index in [1.54, 1.807) is 50.5 Å². The maximum Gasteiger partial charge on any atom is 0.325 e. The fourth-order valence-corrected chi connectivity index (χ4v) is 3.68. The third-order valence-corrected chi connectivity index (χ3v) is 5.19. The number of rotatable bonds is 7. The van der Waals surface area contributed by atoms with Gasteiger partial charge >= 0.3 is 6.03 Å². The van der Waals surface area contributed by atoms with Crippen LogP contribution < -0.4 is 10.6 Å². The van der Waals surface area contributed by atoms with Gasteiger partial charge in [-0.3, -0.25) is 19.3 Å². The number of amides is 5. The number of nitrogens with one attached hydrogen (secondary N) is 2. The lowest BCUT2D eigenvalue weighted by molar-refractivity contribution is -0.134. The Balaban J connectivity index is 1.72. The molecule has 2 N–H and O–H groups in total. The molecule has 3 rings (SSSR count). The van der Waals surface area contributed by atoms with Gasteiger partial charge in [-0.1, -0.05) is 43.7 Å². The predicted octanol–water partition coefficient (Wildman–Crippen LogP) is 2.57. The summed E-state index contributed by atoms with van der Waals surface area (Å²) in [4.78, 5) is 52.7. The van der Waals surface area contributed by atoms with E-state index >= 15 is 0 Å². The Morgan fingerprint density at radius 1 is 1.03 bits per heavy atom. The smallest absolute Gasteiger partial charge is 0.325 e. The number of hydrogen-bond acceptors (Lipinski definition) is 4. The number of urea groups is 1. The summed E-state index contributed by atoms with van der Waals surface area (Å²) in [5, 5.41) is 5.47. The maximum atomic E-state index is 13.2. The van der Waals surface area contributed by atoms with Gasteiger partial charge in [-0.25, -0.2) is 4.79 Å². The van der Waals surface area contributed by atoms with Crippen molar-refractivity contribution >= 4 is 29.4 Å². The van der Waals surface area contributed by atoms with Crippen LogP contribution in [0.4, 0.5) is 10.5 Å². The Kier molecular flexibility index (Phi) is 6.39. The van der Waals surface area contributed by atoms with Gasteiger partial charge in [0.1, 0.15) is 12.1 Å².